The number of anilines is 2. The molecule has 2 aliphatic rings. The number of rotatable bonds is 6. The number of hydrogen-bond donors (Lipinski definition) is 3. The Labute approximate surface area is 247 Å². The standard InChI is InChI=1S/C25H33N5O5S.C2HF3O2/c1-3-35-25(32)30-16-14-29(15-17-30)24(31)20-8-9-22(28-12-10-26-11-13-28)21(18-20)27-36(33,34)23-7-5-4-6-19(23)2;3-2(4,5)1(6)7/h4-9,18,26-27H,3,10-17H2,1-2H3;(H,6,7). The average molecular weight is 630 g/mol. The molecule has 4 rings (SSSR count). The third-order valence-electron chi connectivity index (χ3n) is 6.66. The summed E-state index contributed by atoms with van der Waals surface area (Å²) in [7, 11) is -3.87. The van der Waals surface area contributed by atoms with E-state index >= 15 is 0 Å². The number of halogens is 3. The van der Waals surface area contributed by atoms with Gasteiger partial charge in [0.2, 0.25) is 0 Å². The fourth-order valence-electron chi connectivity index (χ4n) is 4.48. The average Bonchev–Trinajstić information content (AvgIpc) is 2.97. The molecule has 0 unspecified atom stereocenters. The highest BCUT2D eigenvalue weighted by atomic mass is 32.2. The molecule has 2 heterocycles. The van der Waals surface area contributed by atoms with Crippen LogP contribution in [0.4, 0.5) is 29.3 Å². The van der Waals surface area contributed by atoms with Gasteiger partial charge in [-0.25, -0.2) is 18.0 Å². The minimum atomic E-state index is -5.08. The van der Waals surface area contributed by atoms with Crippen molar-refractivity contribution in [3.8, 4) is 0 Å². The molecule has 2 aromatic rings. The predicted octanol–water partition coefficient (Wildman–Crippen LogP) is 2.75. The summed E-state index contributed by atoms with van der Waals surface area (Å²) < 4.78 is 66.1. The van der Waals surface area contributed by atoms with Crippen molar-refractivity contribution >= 4 is 39.4 Å². The molecule has 2 saturated heterocycles. The zero-order valence-corrected chi connectivity index (χ0v) is 24.5. The topological polar surface area (TPSA) is 149 Å². The quantitative estimate of drug-likeness (QED) is 0.439. The van der Waals surface area contributed by atoms with Gasteiger partial charge in [-0.05, 0) is 43.7 Å². The number of aryl methyl sites for hydroxylation is 1. The van der Waals surface area contributed by atoms with Crippen molar-refractivity contribution in [3.63, 3.8) is 0 Å². The predicted molar refractivity (Wildman–Crippen MR) is 152 cm³/mol. The summed E-state index contributed by atoms with van der Waals surface area (Å²) in [4.78, 5) is 39.8. The van der Waals surface area contributed by atoms with Crippen molar-refractivity contribution in [2.75, 3.05) is 68.6 Å². The molecule has 2 aromatic carbocycles. The van der Waals surface area contributed by atoms with E-state index in [2.05, 4.69) is 14.9 Å². The van der Waals surface area contributed by atoms with Gasteiger partial charge in [0.25, 0.3) is 15.9 Å². The highest BCUT2D eigenvalue weighted by molar-refractivity contribution is 7.92. The summed E-state index contributed by atoms with van der Waals surface area (Å²) >= 11 is 0. The van der Waals surface area contributed by atoms with Gasteiger partial charge in [0.15, 0.2) is 0 Å². The zero-order valence-electron chi connectivity index (χ0n) is 23.7. The number of nitrogens with one attached hydrogen (secondary N) is 2. The number of benzene rings is 2. The van der Waals surface area contributed by atoms with Gasteiger partial charge in [-0.15, -0.1) is 0 Å². The molecule has 0 radical (unpaired) electrons. The molecular formula is C27H34F3N5O7S. The van der Waals surface area contributed by atoms with E-state index in [-0.39, 0.29) is 16.9 Å². The first-order valence-corrected chi connectivity index (χ1v) is 14.9. The van der Waals surface area contributed by atoms with E-state index < -0.39 is 22.2 Å². The van der Waals surface area contributed by atoms with Crippen LogP contribution in [0.15, 0.2) is 47.4 Å². The van der Waals surface area contributed by atoms with Crippen LogP contribution in [0, 0.1) is 6.92 Å². The lowest BCUT2D eigenvalue weighted by Gasteiger charge is -2.34. The van der Waals surface area contributed by atoms with Crippen molar-refractivity contribution in [3.05, 3.63) is 53.6 Å². The fraction of sp³-hybridized carbons (Fsp3) is 0.444. The van der Waals surface area contributed by atoms with E-state index in [0.29, 0.717) is 49.6 Å². The second kappa shape index (κ2) is 14.4. The molecule has 0 bridgehead atoms. The van der Waals surface area contributed by atoms with Crippen LogP contribution in [0.1, 0.15) is 22.8 Å². The third kappa shape index (κ3) is 8.97. The van der Waals surface area contributed by atoms with Crippen LogP contribution < -0.4 is 14.9 Å². The van der Waals surface area contributed by atoms with Crippen molar-refractivity contribution in [1.82, 2.24) is 15.1 Å². The van der Waals surface area contributed by atoms with Crippen molar-refractivity contribution in [2.24, 2.45) is 0 Å². The maximum Gasteiger partial charge on any atom is 0.490 e. The second-order valence-corrected chi connectivity index (χ2v) is 11.3. The highest BCUT2D eigenvalue weighted by Crippen LogP contribution is 2.31. The molecule has 0 spiro atoms. The van der Waals surface area contributed by atoms with Crippen LogP contribution in [0.3, 0.4) is 0 Å². The zero-order chi connectivity index (χ0) is 31.8. The van der Waals surface area contributed by atoms with Crippen molar-refractivity contribution in [2.45, 2.75) is 24.9 Å². The van der Waals surface area contributed by atoms with Gasteiger partial charge in [-0.3, -0.25) is 9.52 Å². The summed E-state index contributed by atoms with van der Waals surface area (Å²) in [6, 6.07) is 12.0. The number of carboxylic acid groups (broad SMARTS) is 1. The Hall–Kier alpha value is -4.05. The van der Waals surface area contributed by atoms with Crippen LogP contribution in [0.5, 0.6) is 0 Å². The molecule has 0 aliphatic carbocycles. The highest BCUT2D eigenvalue weighted by Gasteiger charge is 2.38. The van der Waals surface area contributed by atoms with E-state index in [1.165, 1.54) is 0 Å². The molecule has 43 heavy (non-hydrogen) atoms. The van der Waals surface area contributed by atoms with Gasteiger partial charge >= 0.3 is 18.2 Å². The van der Waals surface area contributed by atoms with Gasteiger partial charge < -0.3 is 29.9 Å². The number of hydrogen-bond acceptors (Lipinski definition) is 8. The minimum Gasteiger partial charge on any atom is -0.475 e. The first-order chi connectivity index (χ1) is 20.2. The molecule has 2 aliphatic heterocycles. The second-order valence-electron chi connectivity index (χ2n) is 9.62. The lowest BCUT2D eigenvalue weighted by Crippen LogP contribution is -2.50. The number of piperazine rings is 2. The van der Waals surface area contributed by atoms with E-state index in [9.17, 15) is 31.2 Å². The lowest BCUT2D eigenvalue weighted by molar-refractivity contribution is -0.192. The summed E-state index contributed by atoms with van der Waals surface area (Å²) in [5.74, 6) is -2.96. The van der Waals surface area contributed by atoms with Gasteiger partial charge in [0.05, 0.1) is 22.9 Å². The smallest absolute Gasteiger partial charge is 0.475 e. The Balaban J connectivity index is 0.000000646. The number of carbonyl (C=O) groups excluding carboxylic acids is 2. The number of nitrogens with zero attached hydrogens (tertiary/aromatic N) is 3. The monoisotopic (exact) mass is 629 g/mol. The van der Waals surface area contributed by atoms with Gasteiger partial charge in [0, 0.05) is 57.9 Å². The molecule has 12 nitrogen and oxygen atoms in total. The van der Waals surface area contributed by atoms with Crippen LogP contribution in [-0.4, -0.2) is 106 Å². The van der Waals surface area contributed by atoms with E-state index in [0.717, 1.165) is 31.9 Å². The lowest BCUT2D eigenvalue weighted by atomic mass is 10.1. The van der Waals surface area contributed by atoms with Crippen LogP contribution in [0.2, 0.25) is 0 Å². The fourth-order valence-corrected chi connectivity index (χ4v) is 5.79. The maximum atomic E-state index is 13.3. The molecular weight excluding hydrogens is 595 g/mol. The maximum absolute atomic E-state index is 13.3. The Bertz CT molecular complexity index is 1410. The summed E-state index contributed by atoms with van der Waals surface area (Å²) in [6.07, 6.45) is -5.46. The Morgan fingerprint density at radius 1 is 0.977 bits per heavy atom. The summed E-state index contributed by atoms with van der Waals surface area (Å²) in [5, 5.41) is 10.4. The third-order valence-corrected chi connectivity index (χ3v) is 8.19. The van der Waals surface area contributed by atoms with Gasteiger partial charge in [-0.2, -0.15) is 13.2 Å². The molecule has 236 valence electrons. The molecule has 16 heteroatoms. The number of carboxylic acids is 1. The number of aliphatic carboxylic acids is 1. The first-order valence-electron chi connectivity index (χ1n) is 13.4. The van der Waals surface area contributed by atoms with Crippen LogP contribution >= 0.6 is 0 Å². The Morgan fingerprint density at radius 2 is 1.56 bits per heavy atom. The molecule has 0 aromatic heterocycles. The molecule has 2 fully saturated rings. The molecule has 0 saturated carbocycles. The Kier molecular flexibility index (Phi) is 11.2. The van der Waals surface area contributed by atoms with Crippen molar-refractivity contribution < 1.29 is 45.8 Å². The van der Waals surface area contributed by atoms with E-state index in [1.54, 1.807) is 60.0 Å². The largest absolute Gasteiger partial charge is 0.490 e. The number of ether oxygens (including phenoxy) is 1. The molecule has 2 amide bonds. The summed E-state index contributed by atoms with van der Waals surface area (Å²) in [5.41, 5.74) is 2.13. The molecule has 0 atom stereocenters. The normalized spacial score (nSPS) is 15.7. The Morgan fingerprint density at radius 3 is 2.12 bits per heavy atom. The van der Waals surface area contributed by atoms with Gasteiger partial charge in [-0.1, -0.05) is 18.2 Å². The van der Waals surface area contributed by atoms with Gasteiger partial charge in [0.1, 0.15) is 0 Å². The molecule has 3 N–H and O–H groups in total. The SMILES string of the molecule is CCOC(=O)N1CCN(C(=O)c2ccc(N3CCNCC3)c(NS(=O)(=O)c3ccccc3C)c2)CC1.O=C(O)C(F)(F)F. The summed E-state index contributed by atoms with van der Waals surface area (Å²) in [6.45, 7) is 8.36. The number of alkyl halides is 3. The van der Waals surface area contributed by atoms with Crippen LogP contribution in [0.25, 0.3) is 0 Å². The van der Waals surface area contributed by atoms with E-state index in [4.69, 9.17) is 14.6 Å². The van der Waals surface area contributed by atoms with E-state index in [1.807, 2.05) is 6.07 Å². The van der Waals surface area contributed by atoms with Crippen LogP contribution in [-0.2, 0) is 19.6 Å². The number of carbonyl (C=O) groups is 3. The van der Waals surface area contributed by atoms with Crippen molar-refractivity contribution in [1.29, 1.82) is 0 Å². The first kappa shape index (κ1) is 33.5. The minimum absolute atomic E-state index is 0.197. The number of amides is 2. The number of sulfonamides is 1.